The summed E-state index contributed by atoms with van der Waals surface area (Å²) in [6.45, 7) is 9.41. The third-order valence-corrected chi connectivity index (χ3v) is 4.27. The van der Waals surface area contributed by atoms with E-state index in [1.807, 2.05) is 0 Å². The summed E-state index contributed by atoms with van der Waals surface area (Å²) in [4.78, 5) is 0. The van der Waals surface area contributed by atoms with Crippen molar-refractivity contribution in [2.45, 2.75) is 105 Å². The highest BCUT2D eigenvalue weighted by molar-refractivity contribution is 4.61. The van der Waals surface area contributed by atoms with Crippen LogP contribution in [0.25, 0.3) is 0 Å². The molecule has 0 aromatic rings. The van der Waals surface area contributed by atoms with Crippen LogP contribution in [-0.4, -0.2) is 0 Å². The molecule has 0 saturated carbocycles. The minimum Gasteiger partial charge on any atom is -0.0654 e. The largest absolute Gasteiger partial charge is 0.0654 e. The summed E-state index contributed by atoms with van der Waals surface area (Å²) in [5.74, 6) is 1.99. The lowest BCUT2D eigenvalue weighted by Crippen LogP contribution is -2.02. The molecule has 0 aromatic carbocycles. The van der Waals surface area contributed by atoms with E-state index in [0.717, 1.165) is 11.8 Å². The van der Waals surface area contributed by atoms with Crippen molar-refractivity contribution >= 4 is 0 Å². The van der Waals surface area contributed by atoms with Gasteiger partial charge in [0.2, 0.25) is 0 Å². The third kappa shape index (κ3) is 11.1. The zero-order chi connectivity index (χ0) is 13.6. The van der Waals surface area contributed by atoms with E-state index in [-0.39, 0.29) is 0 Å². The maximum absolute atomic E-state index is 2.45. The van der Waals surface area contributed by atoms with Crippen LogP contribution in [0.3, 0.4) is 0 Å². The van der Waals surface area contributed by atoms with Crippen molar-refractivity contribution in [3.8, 4) is 0 Å². The summed E-state index contributed by atoms with van der Waals surface area (Å²) in [6, 6.07) is 0. The van der Waals surface area contributed by atoms with E-state index in [9.17, 15) is 0 Å². The maximum atomic E-state index is 2.45. The van der Waals surface area contributed by atoms with Gasteiger partial charge in [-0.05, 0) is 11.8 Å². The first-order valence-electron chi connectivity index (χ1n) is 8.74. The molecule has 18 heavy (non-hydrogen) atoms. The van der Waals surface area contributed by atoms with Gasteiger partial charge in [-0.25, -0.2) is 0 Å². The molecule has 0 heterocycles. The molecule has 0 aliphatic heterocycles. The van der Waals surface area contributed by atoms with Crippen molar-refractivity contribution < 1.29 is 0 Å². The molecule has 0 aromatic heterocycles. The Hall–Kier alpha value is 0. The fourth-order valence-corrected chi connectivity index (χ4v) is 2.98. The number of hydrogen-bond donors (Lipinski definition) is 0. The first-order valence-corrected chi connectivity index (χ1v) is 8.74. The van der Waals surface area contributed by atoms with E-state index >= 15 is 0 Å². The second-order valence-corrected chi connectivity index (χ2v) is 6.33. The van der Waals surface area contributed by atoms with Gasteiger partial charge in [0.1, 0.15) is 0 Å². The van der Waals surface area contributed by atoms with Gasteiger partial charge in [0.25, 0.3) is 0 Å². The molecule has 0 spiro atoms. The Kier molecular flexibility index (Phi) is 13.4. The first kappa shape index (κ1) is 18.0. The van der Waals surface area contributed by atoms with Crippen LogP contribution in [0.4, 0.5) is 0 Å². The van der Waals surface area contributed by atoms with Gasteiger partial charge in [0.05, 0.1) is 0 Å². The summed E-state index contributed by atoms with van der Waals surface area (Å²) in [5.41, 5.74) is 0. The van der Waals surface area contributed by atoms with Crippen LogP contribution >= 0.6 is 0 Å². The lowest BCUT2D eigenvalue weighted by atomic mass is 9.89. The molecule has 2 atom stereocenters. The van der Waals surface area contributed by atoms with Crippen molar-refractivity contribution in [3.05, 3.63) is 0 Å². The average Bonchev–Trinajstić information content (AvgIpc) is 2.36. The van der Waals surface area contributed by atoms with Gasteiger partial charge in [-0.1, -0.05) is 105 Å². The second-order valence-electron chi connectivity index (χ2n) is 6.33. The quantitative estimate of drug-likeness (QED) is 0.311. The Morgan fingerprint density at radius 1 is 0.556 bits per heavy atom. The predicted octanol–water partition coefficient (Wildman–Crippen LogP) is 6.98. The van der Waals surface area contributed by atoms with Crippen molar-refractivity contribution in [1.29, 1.82) is 0 Å². The van der Waals surface area contributed by atoms with Gasteiger partial charge in [-0.2, -0.15) is 0 Å². The van der Waals surface area contributed by atoms with E-state index in [1.54, 1.807) is 0 Å². The van der Waals surface area contributed by atoms with Gasteiger partial charge < -0.3 is 0 Å². The molecule has 0 radical (unpaired) electrons. The van der Waals surface area contributed by atoms with Crippen LogP contribution in [0.5, 0.6) is 0 Å². The minimum atomic E-state index is 0.963. The Balaban J connectivity index is 3.56. The van der Waals surface area contributed by atoms with Gasteiger partial charge in [-0.15, -0.1) is 0 Å². The topological polar surface area (TPSA) is 0 Å². The number of unbranched alkanes of at least 4 members (excludes halogenated alkanes) is 3. The average molecular weight is 255 g/mol. The van der Waals surface area contributed by atoms with Crippen LogP contribution in [0.1, 0.15) is 105 Å². The van der Waals surface area contributed by atoms with Crippen molar-refractivity contribution in [2.75, 3.05) is 0 Å². The van der Waals surface area contributed by atoms with Crippen molar-refractivity contribution in [3.63, 3.8) is 0 Å². The first-order chi connectivity index (χ1) is 8.74. The van der Waals surface area contributed by atoms with Gasteiger partial charge >= 0.3 is 0 Å². The van der Waals surface area contributed by atoms with Crippen LogP contribution < -0.4 is 0 Å². The molecule has 0 aliphatic carbocycles. The van der Waals surface area contributed by atoms with Crippen LogP contribution in [0.2, 0.25) is 0 Å². The molecule has 0 rings (SSSR count). The third-order valence-electron chi connectivity index (χ3n) is 4.27. The number of hydrogen-bond acceptors (Lipinski definition) is 0. The highest BCUT2D eigenvalue weighted by Gasteiger charge is 2.08. The van der Waals surface area contributed by atoms with Gasteiger partial charge in [0.15, 0.2) is 0 Å². The summed E-state index contributed by atoms with van der Waals surface area (Å²) < 4.78 is 0. The maximum Gasteiger partial charge on any atom is -0.0414 e. The molecular formula is C18H38. The Morgan fingerprint density at radius 2 is 1.17 bits per heavy atom. The fraction of sp³-hybridized carbons (Fsp3) is 1.00. The normalized spacial score (nSPS) is 14.7. The minimum absolute atomic E-state index is 0.963. The fourth-order valence-electron chi connectivity index (χ4n) is 2.98. The highest BCUT2D eigenvalue weighted by Crippen LogP contribution is 2.24. The van der Waals surface area contributed by atoms with Crippen LogP contribution in [-0.2, 0) is 0 Å². The Morgan fingerprint density at radius 3 is 1.78 bits per heavy atom. The molecule has 0 saturated heterocycles. The standard InChI is InChI=1S/C18H38/c1-5-8-10-13-17(4)14-11-16-18(12-7-3)15-9-6-2/h17-18H,5-16H2,1-4H3. The van der Waals surface area contributed by atoms with E-state index in [2.05, 4.69) is 27.7 Å². The molecule has 0 amide bonds. The van der Waals surface area contributed by atoms with E-state index < -0.39 is 0 Å². The van der Waals surface area contributed by atoms with Crippen LogP contribution in [0.15, 0.2) is 0 Å². The van der Waals surface area contributed by atoms with E-state index in [0.29, 0.717) is 0 Å². The van der Waals surface area contributed by atoms with Crippen molar-refractivity contribution in [2.24, 2.45) is 11.8 Å². The van der Waals surface area contributed by atoms with Gasteiger partial charge in [-0.3, -0.25) is 0 Å². The Bertz CT molecular complexity index is 150. The molecular weight excluding hydrogens is 216 g/mol. The smallest absolute Gasteiger partial charge is 0.0414 e. The monoisotopic (exact) mass is 254 g/mol. The molecule has 2 unspecified atom stereocenters. The second kappa shape index (κ2) is 13.4. The van der Waals surface area contributed by atoms with Crippen molar-refractivity contribution in [1.82, 2.24) is 0 Å². The summed E-state index contributed by atoms with van der Waals surface area (Å²) >= 11 is 0. The lowest BCUT2D eigenvalue weighted by molar-refractivity contribution is 0.360. The predicted molar refractivity (Wildman–Crippen MR) is 85.1 cm³/mol. The molecule has 0 bridgehead atoms. The zero-order valence-electron chi connectivity index (χ0n) is 13.6. The van der Waals surface area contributed by atoms with Gasteiger partial charge in [0, 0.05) is 0 Å². The molecule has 0 N–H and O–H groups in total. The summed E-state index contributed by atoms with van der Waals surface area (Å²) in [7, 11) is 0. The molecule has 110 valence electrons. The van der Waals surface area contributed by atoms with Crippen LogP contribution in [0, 0.1) is 11.8 Å². The highest BCUT2D eigenvalue weighted by atomic mass is 14.1. The number of rotatable bonds is 13. The zero-order valence-corrected chi connectivity index (χ0v) is 13.6. The summed E-state index contributed by atoms with van der Waals surface area (Å²) in [6.07, 6.45) is 17.3. The lowest BCUT2D eigenvalue weighted by Gasteiger charge is -2.17. The van der Waals surface area contributed by atoms with E-state index in [1.165, 1.54) is 77.0 Å². The summed E-state index contributed by atoms with van der Waals surface area (Å²) in [5, 5.41) is 0. The molecule has 0 nitrogen and oxygen atoms in total. The molecule has 0 aliphatic rings. The molecule has 0 heteroatoms. The Labute approximate surface area is 117 Å². The molecule has 0 fully saturated rings. The van der Waals surface area contributed by atoms with E-state index in [4.69, 9.17) is 0 Å². The SMILES string of the molecule is CCCCCC(C)CCCC(CCC)CCCC.